The van der Waals surface area contributed by atoms with Gasteiger partial charge in [-0.2, -0.15) is 0 Å². The van der Waals surface area contributed by atoms with E-state index in [1.165, 1.54) is 0 Å². The summed E-state index contributed by atoms with van der Waals surface area (Å²) in [6, 6.07) is 2.93. The number of aliphatic hydroxyl groups excluding tert-OH is 1. The van der Waals surface area contributed by atoms with Gasteiger partial charge in [-0.05, 0) is 38.8 Å². The topological polar surface area (TPSA) is 86.8 Å². The Morgan fingerprint density at radius 1 is 1.57 bits per heavy atom. The molecule has 2 N–H and O–H groups in total. The first-order chi connectivity index (χ1) is 9.88. The second-order valence-corrected chi connectivity index (χ2v) is 5.98. The fourth-order valence-electron chi connectivity index (χ4n) is 2.88. The van der Waals surface area contributed by atoms with Gasteiger partial charge in [0.25, 0.3) is 0 Å². The number of nitro groups is 1. The Morgan fingerprint density at radius 2 is 2.29 bits per heavy atom. The summed E-state index contributed by atoms with van der Waals surface area (Å²) in [4.78, 5) is 12.4. The lowest BCUT2D eigenvalue weighted by Crippen LogP contribution is -2.31. The van der Waals surface area contributed by atoms with Crippen molar-refractivity contribution >= 4 is 17.3 Å². The quantitative estimate of drug-likeness (QED) is 0.644. The van der Waals surface area contributed by atoms with Crippen LogP contribution in [0.4, 0.5) is 5.69 Å². The van der Waals surface area contributed by atoms with Crippen molar-refractivity contribution in [3.63, 3.8) is 0 Å². The molecule has 1 aliphatic heterocycles. The number of rotatable bonds is 5. The molecule has 7 heteroatoms. The zero-order chi connectivity index (χ0) is 15.6. The van der Waals surface area contributed by atoms with Gasteiger partial charge in [0.15, 0.2) is 5.75 Å². The molecule has 0 spiro atoms. The van der Waals surface area contributed by atoms with E-state index in [1.807, 2.05) is 0 Å². The zero-order valence-corrected chi connectivity index (χ0v) is 12.6. The van der Waals surface area contributed by atoms with Gasteiger partial charge in [0.1, 0.15) is 0 Å². The normalized spacial score (nSPS) is 20.6. The largest absolute Gasteiger partial charge is 0.502 e. The van der Waals surface area contributed by atoms with Crippen molar-refractivity contribution in [2.45, 2.75) is 44.9 Å². The van der Waals surface area contributed by atoms with Crippen molar-refractivity contribution in [1.82, 2.24) is 4.90 Å². The molecular weight excluding hydrogens is 296 g/mol. The summed E-state index contributed by atoms with van der Waals surface area (Å²) in [5, 5.41) is 30.7. The summed E-state index contributed by atoms with van der Waals surface area (Å²) in [7, 11) is 0. The summed E-state index contributed by atoms with van der Waals surface area (Å²) < 4.78 is 0. The lowest BCUT2D eigenvalue weighted by Gasteiger charge is -2.25. The van der Waals surface area contributed by atoms with Crippen LogP contribution in [-0.2, 0) is 6.54 Å². The lowest BCUT2D eigenvalue weighted by atomic mass is 10.1. The Labute approximate surface area is 128 Å². The van der Waals surface area contributed by atoms with E-state index in [0.29, 0.717) is 18.5 Å². The van der Waals surface area contributed by atoms with Crippen LogP contribution in [0.5, 0.6) is 5.75 Å². The third-order valence-corrected chi connectivity index (χ3v) is 4.03. The highest BCUT2D eigenvalue weighted by molar-refractivity contribution is 6.31. The Bertz CT molecular complexity index is 536. The number of likely N-dealkylation sites (tertiary alicyclic amines) is 1. The fourth-order valence-corrected chi connectivity index (χ4v) is 3.12. The molecular formula is C14H19ClN2O4. The molecule has 21 heavy (non-hydrogen) atoms. The van der Waals surface area contributed by atoms with Gasteiger partial charge in [-0.1, -0.05) is 11.6 Å². The molecule has 1 aromatic rings. The van der Waals surface area contributed by atoms with Crippen LogP contribution >= 0.6 is 11.6 Å². The molecule has 2 rings (SSSR count). The second-order valence-electron chi connectivity index (χ2n) is 5.54. The Kier molecular flexibility index (Phi) is 5.03. The molecule has 2 atom stereocenters. The molecule has 1 aromatic carbocycles. The smallest absolute Gasteiger partial charge is 0.312 e. The molecule has 1 saturated heterocycles. The SMILES string of the molecule is CC(O)CC1CCCN1Cc1cc(Cl)cc([N+](=O)[O-])c1O. The van der Waals surface area contributed by atoms with Gasteiger partial charge >= 0.3 is 5.69 Å². The van der Waals surface area contributed by atoms with E-state index in [4.69, 9.17) is 11.6 Å². The molecule has 0 aliphatic carbocycles. The highest BCUT2D eigenvalue weighted by atomic mass is 35.5. The summed E-state index contributed by atoms with van der Waals surface area (Å²) in [6.45, 7) is 2.99. The molecule has 2 unspecified atom stereocenters. The maximum atomic E-state index is 10.9. The standard InChI is InChI=1S/C14H19ClN2O4/c1-9(18)5-12-3-2-4-16(12)8-10-6-11(15)7-13(14(10)19)17(20)21/h6-7,9,12,18-19H,2-5,8H2,1H3. The van der Waals surface area contributed by atoms with Crippen molar-refractivity contribution in [2.75, 3.05) is 6.54 Å². The molecule has 0 saturated carbocycles. The van der Waals surface area contributed by atoms with E-state index in [0.717, 1.165) is 25.5 Å². The van der Waals surface area contributed by atoms with E-state index >= 15 is 0 Å². The van der Waals surface area contributed by atoms with Gasteiger partial charge in [0, 0.05) is 29.2 Å². The van der Waals surface area contributed by atoms with E-state index in [9.17, 15) is 20.3 Å². The third-order valence-electron chi connectivity index (χ3n) is 3.82. The first-order valence-electron chi connectivity index (χ1n) is 6.96. The molecule has 6 nitrogen and oxygen atoms in total. The van der Waals surface area contributed by atoms with E-state index in [-0.39, 0.29) is 22.5 Å². The van der Waals surface area contributed by atoms with Crippen LogP contribution in [0.3, 0.4) is 0 Å². The summed E-state index contributed by atoms with van der Waals surface area (Å²) in [6.07, 6.45) is 2.26. The predicted octanol–water partition coefficient (Wildman–Crippen LogP) is 2.69. The molecule has 116 valence electrons. The van der Waals surface area contributed by atoms with Crippen LogP contribution in [0.2, 0.25) is 5.02 Å². The summed E-state index contributed by atoms with van der Waals surface area (Å²) >= 11 is 5.90. The summed E-state index contributed by atoms with van der Waals surface area (Å²) in [5.41, 5.74) is 0.0791. The first-order valence-corrected chi connectivity index (χ1v) is 7.34. The molecule has 0 bridgehead atoms. The minimum absolute atomic E-state index is 0.224. The minimum Gasteiger partial charge on any atom is -0.502 e. The minimum atomic E-state index is -0.637. The second kappa shape index (κ2) is 6.60. The van der Waals surface area contributed by atoms with Gasteiger partial charge in [0.2, 0.25) is 0 Å². The van der Waals surface area contributed by atoms with Crippen LogP contribution in [-0.4, -0.2) is 38.7 Å². The fraction of sp³-hybridized carbons (Fsp3) is 0.571. The number of benzene rings is 1. The number of nitro benzene ring substituents is 1. The van der Waals surface area contributed by atoms with Crippen molar-refractivity contribution in [3.8, 4) is 5.75 Å². The zero-order valence-electron chi connectivity index (χ0n) is 11.8. The maximum absolute atomic E-state index is 10.9. The number of aliphatic hydroxyl groups is 1. The van der Waals surface area contributed by atoms with Gasteiger partial charge in [-0.3, -0.25) is 15.0 Å². The number of hydrogen-bond acceptors (Lipinski definition) is 5. The van der Waals surface area contributed by atoms with Gasteiger partial charge in [-0.15, -0.1) is 0 Å². The number of halogens is 1. The number of phenols is 1. The first kappa shape index (κ1) is 16.0. The van der Waals surface area contributed by atoms with Crippen molar-refractivity contribution in [1.29, 1.82) is 0 Å². The number of aromatic hydroxyl groups is 1. The average Bonchev–Trinajstić information content (AvgIpc) is 2.79. The van der Waals surface area contributed by atoms with Crippen LogP contribution < -0.4 is 0 Å². The number of hydrogen-bond donors (Lipinski definition) is 2. The number of phenolic OH excluding ortho intramolecular Hbond substituents is 1. The predicted molar refractivity (Wildman–Crippen MR) is 79.5 cm³/mol. The van der Waals surface area contributed by atoms with Crippen molar-refractivity contribution in [2.24, 2.45) is 0 Å². The Balaban J connectivity index is 2.21. The van der Waals surface area contributed by atoms with Crippen LogP contribution in [0.15, 0.2) is 12.1 Å². The molecule has 0 radical (unpaired) electrons. The van der Waals surface area contributed by atoms with Crippen LogP contribution in [0, 0.1) is 10.1 Å². The Hall–Kier alpha value is -1.37. The lowest BCUT2D eigenvalue weighted by molar-refractivity contribution is -0.385. The van der Waals surface area contributed by atoms with E-state index < -0.39 is 11.0 Å². The van der Waals surface area contributed by atoms with E-state index in [1.54, 1.807) is 13.0 Å². The average molecular weight is 315 g/mol. The molecule has 1 aliphatic rings. The van der Waals surface area contributed by atoms with Crippen LogP contribution in [0.25, 0.3) is 0 Å². The molecule has 1 heterocycles. The molecule has 1 fully saturated rings. The van der Waals surface area contributed by atoms with Gasteiger partial charge in [0.05, 0.1) is 11.0 Å². The highest BCUT2D eigenvalue weighted by Gasteiger charge is 2.28. The van der Waals surface area contributed by atoms with Crippen LogP contribution in [0.1, 0.15) is 31.7 Å². The Morgan fingerprint density at radius 3 is 2.90 bits per heavy atom. The third kappa shape index (κ3) is 3.84. The highest BCUT2D eigenvalue weighted by Crippen LogP contribution is 2.35. The van der Waals surface area contributed by atoms with Crippen molar-refractivity contribution < 1.29 is 15.1 Å². The van der Waals surface area contributed by atoms with Gasteiger partial charge < -0.3 is 10.2 Å². The molecule has 0 aromatic heterocycles. The van der Waals surface area contributed by atoms with Crippen molar-refractivity contribution in [3.05, 3.63) is 32.8 Å². The van der Waals surface area contributed by atoms with E-state index in [2.05, 4.69) is 4.90 Å². The monoisotopic (exact) mass is 314 g/mol. The van der Waals surface area contributed by atoms with Gasteiger partial charge in [-0.25, -0.2) is 0 Å². The number of nitrogens with zero attached hydrogens (tertiary/aromatic N) is 2. The summed E-state index contributed by atoms with van der Waals surface area (Å²) in [5.74, 6) is -0.327. The molecule has 0 amide bonds. The maximum Gasteiger partial charge on any atom is 0.312 e.